The number of nitro benzene ring substituents is 1. The molecule has 0 bridgehead atoms. The van der Waals surface area contributed by atoms with Gasteiger partial charge in [-0.1, -0.05) is 29.8 Å². The van der Waals surface area contributed by atoms with Gasteiger partial charge in [-0.05, 0) is 24.6 Å². The van der Waals surface area contributed by atoms with E-state index in [1.807, 2.05) is 31.2 Å². The topological polar surface area (TPSA) is 64.4 Å². The number of non-ortho nitro benzene ring substituents is 1. The van der Waals surface area contributed by atoms with Gasteiger partial charge in [-0.25, -0.2) is 0 Å². The highest BCUT2D eigenvalue weighted by Gasteiger charge is 2.13. The van der Waals surface area contributed by atoms with Gasteiger partial charge in [-0.3, -0.25) is 10.1 Å². The van der Waals surface area contributed by atoms with Crippen LogP contribution in [0.1, 0.15) is 24.1 Å². The number of nitro groups is 1. The number of hydrogen-bond acceptors (Lipinski definition) is 4. The molecule has 0 spiro atoms. The van der Waals surface area contributed by atoms with Crippen LogP contribution >= 0.6 is 11.6 Å². The summed E-state index contributed by atoms with van der Waals surface area (Å²) in [7, 11) is 1.54. The Morgan fingerprint density at radius 2 is 2.05 bits per heavy atom. The van der Waals surface area contributed by atoms with E-state index in [0.717, 1.165) is 11.1 Å². The summed E-state index contributed by atoms with van der Waals surface area (Å²) in [5, 5.41) is 14.9. The number of benzene rings is 2. The zero-order valence-electron chi connectivity index (χ0n) is 12.4. The molecule has 1 N–H and O–H groups in total. The van der Waals surface area contributed by atoms with Crippen molar-refractivity contribution in [1.82, 2.24) is 5.32 Å². The van der Waals surface area contributed by atoms with Crippen molar-refractivity contribution in [2.45, 2.75) is 19.5 Å². The molecule has 0 aromatic heterocycles. The third kappa shape index (κ3) is 3.75. The second kappa shape index (κ2) is 7.24. The Morgan fingerprint density at radius 1 is 1.32 bits per heavy atom. The van der Waals surface area contributed by atoms with Crippen LogP contribution in [0.2, 0.25) is 5.02 Å². The molecule has 2 rings (SSSR count). The maximum absolute atomic E-state index is 10.9. The first kappa shape index (κ1) is 16.3. The average molecular weight is 321 g/mol. The maximum Gasteiger partial charge on any atom is 0.270 e. The minimum atomic E-state index is -0.416. The van der Waals surface area contributed by atoms with Gasteiger partial charge in [-0.2, -0.15) is 0 Å². The molecule has 0 aliphatic rings. The molecule has 0 aliphatic carbocycles. The Kier molecular flexibility index (Phi) is 5.35. The summed E-state index contributed by atoms with van der Waals surface area (Å²) < 4.78 is 5.25. The predicted octanol–water partition coefficient (Wildman–Crippen LogP) is 4.11. The van der Waals surface area contributed by atoms with Crippen LogP contribution in [0.15, 0.2) is 42.5 Å². The number of halogens is 1. The molecule has 0 aliphatic heterocycles. The van der Waals surface area contributed by atoms with E-state index in [1.54, 1.807) is 13.2 Å². The van der Waals surface area contributed by atoms with Crippen LogP contribution in [0.5, 0.6) is 5.75 Å². The van der Waals surface area contributed by atoms with Crippen LogP contribution < -0.4 is 10.1 Å². The second-order valence-electron chi connectivity index (χ2n) is 4.88. The van der Waals surface area contributed by atoms with Crippen LogP contribution in [-0.4, -0.2) is 12.0 Å². The van der Waals surface area contributed by atoms with Crippen LogP contribution in [0, 0.1) is 10.1 Å². The first-order chi connectivity index (χ1) is 10.5. The lowest BCUT2D eigenvalue weighted by Crippen LogP contribution is -2.19. The van der Waals surface area contributed by atoms with Crippen molar-refractivity contribution in [1.29, 1.82) is 0 Å². The zero-order chi connectivity index (χ0) is 16.1. The SMILES string of the molecule is COc1ccc([N+](=O)[O-])cc1CNC(C)c1ccccc1Cl. The minimum absolute atomic E-state index is 0.0117. The first-order valence-corrected chi connectivity index (χ1v) is 7.20. The van der Waals surface area contributed by atoms with Gasteiger partial charge in [0.1, 0.15) is 5.75 Å². The molecule has 22 heavy (non-hydrogen) atoms. The summed E-state index contributed by atoms with van der Waals surface area (Å²) >= 11 is 6.17. The van der Waals surface area contributed by atoms with Crippen molar-refractivity contribution in [2.24, 2.45) is 0 Å². The van der Waals surface area contributed by atoms with Crippen molar-refractivity contribution < 1.29 is 9.66 Å². The van der Waals surface area contributed by atoms with E-state index in [0.29, 0.717) is 17.3 Å². The number of nitrogens with one attached hydrogen (secondary N) is 1. The molecule has 0 radical (unpaired) electrons. The number of nitrogens with zero attached hydrogens (tertiary/aromatic N) is 1. The summed E-state index contributed by atoms with van der Waals surface area (Å²) in [4.78, 5) is 10.5. The number of ether oxygens (including phenoxy) is 1. The maximum atomic E-state index is 10.9. The molecule has 0 amide bonds. The van der Waals surface area contributed by atoms with Crippen LogP contribution in [0.3, 0.4) is 0 Å². The highest BCUT2D eigenvalue weighted by atomic mass is 35.5. The van der Waals surface area contributed by atoms with Crippen LogP contribution in [-0.2, 0) is 6.54 Å². The Balaban J connectivity index is 2.15. The van der Waals surface area contributed by atoms with Crippen LogP contribution in [0.4, 0.5) is 5.69 Å². The van der Waals surface area contributed by atoms with Gasteiger partial charge >= 0.3 is 0 Å². The number of rotatable bonds is 6. The molecule has 5 nitrogen and oxygen atoms in total. The fraction of sp³-hybridized carbons (Fsp3) is 0.250. The quantitative estimate of drug-likeness (QED) is 0.642. The predicted molar refractivity (Wildman–Crippen MR) is 86.4 cm³/mol. The van der Waals surface area contributed by atoms with Crippen LogP contribution in [0.25, 0.3) is 0 Å². The Bertz CT molecular complexity index is 676. The molecule has 0 heterocycles. The lowest BCUT2D eigenvalue weighted by Gasteiger charge is -2.17. The van der Waals surface area contributed by atoms with Gasteiger partial charge in [0.25, 0.3) is 5.69 Å². The fourth-order valence-corrected chi connectivity index (χ4v) is 2.52. The van der Waals surface area contributed by atoms with Gasteiger partial charge in [-0.15, -0.1) is 0 Å². The average Bonchev–Trinajstić information content (AvgIpc) is 2.52. The van der Waals surface area contributed by atoms with E-state index >= 15 is 0 Å². The van der Waals surface area contributed by atoms with E-state index in [4.69, 9.17) is 16.3 Å². The molecule has 2 aromatic rings. The van der Waals surface area contributed by atoms with Gasteiger partial charge in [0.2, 0.25) is 0 Å². The normalized spacial score (nSPS) is 12.0. The van der Waals surface area contributed by atoms with Gasteiger partial charge < -0.3 is 10.1 Å². The Labute approximate surface area is 134 Å². The molecule has 2 aromatic carbocycles. The second-order valence-corrected chi connectivity index (χ2v) is 5.28. The fourth-order valence-electron chi connectivity index (χ4n) is 2.22. The minimum Gasteiger partial charge on any atom is -0.496 e. The summed E-state index contributed by atoms with van der Waals surface area (Å²) in [6, 6.07) is 12.2. The lowest BCUT2D eigenvalue weighted by molar-refractivity contribution is -0.384. The number of methoxy groups -OCH3 is 1. The molecule has 6 heteroatoms. The highest BCUT2D eigenvalue weighted by Crippen LogP contribution is 2.26. The van der Waals surface area contributed by atoms with Crippen molar-refractivity contribution in [3.05, 3.63) is 68.7 Å². The molecular formula is C16H17ClN2O3. The summed E-state index contributed by atoms with van der Waals surface area (Å²) in [5.74, 6) is 0.615. The monoisotopic (exact) mass is 320 g/mol. The molecule has 116 valence electrons. The molecule has 0 saturated heterocycles. The standard InChI is InChI=1S/C16H17ClN2O3/c1-11(14-5-3-4-6-15(14)17)18-10-12-9-13(19(20)21)7-8-16(12)22-2/h3-9,11,18H,10H2,1-2H3. The van der Waals surface area contributed by atoms with Gasteiger partial charge in [0.15, 0.2) is 0 Å². The van der Waals surface area contributed by atoms with E-state index in [1.165, 1.54) is 12.1 Å². The van der Waals surface area contributed by atoms with Gasteiger partial charge in [0.05, 0.1) is 12.0 Å². The molecular weight excluding hydrogens is 304 g/mol. The third-order valence-electron chi connectivity index (χ3n) is 3.45. The van der Waals surface area contributed by atoms with Gasteiger partial charge in [0, 0.05) is 35.3 Å². The Hall–Kier alpha value is -2.11. The van der Waals surface area contributed by atoms with E-state index < -0.39 is 4.92 Å². The highest BCUT2D eigenvalue weighted by molar-refractivity contribution is 6.31. The largest absolute Gasteiger partial charge is 0.496 e. The van der Waals surface area contributed by atoms with E-state index in [9.17, 15) is 10.1 Å². The number of hydrogen-bond donors (Lipinski definition) is 1. The van der Waals surface area contributed by atoms with E-state index in [-0.39, 0.29) is 11.7 Å². The summed E-state index contributed by atoms with van der Waals surface area (Å²) in [6.07, 6.45) is 0. The molecule has 1 unspecified atom stereocenters. The molecule has 1 atom stereocenters. The zero-order valence-corrected chi connectivity index (χ0v) is 13.1. The first-order valence-electron chi connectivity index (χ1n) is 6.82. The smallest absolute Gasteiger partial charge is 0.270 e. The molecule has 0 saturated carbocycles. The van der Waals surface area contributed by atoms with E-state index in [2.05, 4.69) is 5.32 Å². The summed E-state index contributed by atoms with van der Waals surface area (Å²) in [5.41, 5.74) is 1.76. The van der Waals surface area contributed by atoms with Crippen molar-refractivity contribution >= 4 is 17.3 Å². The Morgan fingerprint density at radius 3 is 2.68 bits per heavy atom. The summed E-state index contributed by atoms with van der Waals surface area (Å²) in [6.45, 7) is 2.43. The molecule has 0 fully saturated rings. The van der Waals surface area contributed by atoms with Crippen molar-refractivity contribution in [2.75, 3.05) is 7.11 Å². The third-order valence-corrected chi connectivity index (χ3v) is 3.79. The van der Waals surface area contributed by atoms with Crippen molar-refractivity contribution in [3.63, 3.8) is 0 Å². The lowest BCUT2D eigenvalue weighted by atomic mass is 10.1. The van der Waals surface area contributed by atoms with Crippen molar-refractivity contribution in [3.8, 4) is 5.75 Å².